The SMILES string of the molecule is CCCCC(CC)CNC(=O)c1cnc(N)cn1. The molecule has 0 radical (unpaired) electrons. The van der Waals surface area contributed by atoms with E-state index >= 15 is 0 Å². The number of nitrogens with two attached hydrogens (primary N) is 1. The minimum atomic E-state index is -0.183. The molecule has 3 N–H and O–H groups in total. The number of carbonyl (C=O) groups excluding carboxylic acids is 1. The van der Waals surface area contributed by atoms with Crippen LogP contribution < -0.4 is 11.1 Å². The maximum atomic E-state index is 11.8. The molecule has 0 saturated heterocycles. The predicted molar refractivity (Wildman–Crippen MR) is 72.1 cm³/mol. The molecule has 5 nitrogen and oxygen atoms in total. The maximum Gasteiger partial charge on any atom is 0.271 e. The molecule has 100 valence electrons. The lowest BCUT2D eigenvalue weighted by atomic mass is 9.99. The standard InChI is InChI=1S/C13H22N4O/c1-3-5-6-10(4-2)7-17-13(18)11-8-16-12(14)9-15-11/h8-10H,3-7H2,1-2H3,(H2,14,16)(H,17,18). The quantitative estimate of drug-likeness (QED) is 0.775. The molecule has 0 bridgehead atoms. The van der Waals surface area contributed by atoms with Crippen molar-refractivity contribution in [3.63, 3.8) is 0 Å². The number of aromatic nitrogens is 2. The van der Waals surface area contributed by atoms with Gasteiger partial charge in [0.15, 0.2) is 0 Å². The Hall–Kier alpha value is -1.65. The largest absolute Gasteiger partial charge is 0.382 e. The summed E-state index contributed by atoms with van der Waals surface area (Å²) < 4.78 is 0. The molecule has 1 aromatic heterocycles. The van der Waals surface area contributed by atoms with Gasteiger partial charge in [-0.1, -0.05) is 33.1 Å². The van der Waals surface area contributed by atoms with Gasteiger partial charge in [-0.15, -0.1) is 0 Å². The van der Waals surface area contributed by atoms with Crippen molar-refractivity contribution in [3.8, 4) is 0 Å². The van der Waals surface area contributed by atoms with Crippen LogP contribution in [0.15, 0.2) is 12.4 Å². The van der Waals surface area contributed by atoms with E-state index in [1.165, 1.54) is 25.2 Å². The lowest BCUT2D eigenvalue weighted by molar-refractivity contribution is 0.0940. The summed E-state index contributed by atoms with van der Waals surface area (Å²) in [6.07, 6.45) is 7.42. The van der Waals surface area contributed by atoms with Gasteiger partial charge in [0.05, 0.1) is 12.4 Å². The van der Waals surface area contributed by atoms with Crippen LogP contribution in [0.25, 0.3) is 0 Å². The van der Waals surface area contributed by atoms with E-state index in [0.29, 0.717) is 24.0 Å². The summed E-state index contributed by atoms with van der Waals surface area (Å²) in [7, 11) is 0. The normalized spacial score (nSPS) is 12.1. The number of unbranched alkanes of at least 4 members (excludes halogenated alkanes) is 1. The molecule has 1 atom stereocenters. The second kappa shape index (κ2) is 7.63. The van der Waals surface area contributed by atoms with Crippen molar-refractivity contribution < 1.29 is 4.79 Å². The smallest absolute Gasteiger partial charge is 0.271 e. The average molecular weight is 250 g/mol. The molecule has 1 amide bonds. The zero-order valence-corrected chi connectivity index (χ0v) is 11.1. The Morgan fingerprint density at radius 3 is 2.72 bits per heavy atom. The molecule has 0 spiro atoms. The third-order valence-electron chi connectivity index (χ3n) is 3.00. The van der Waals surface area contributed by atoms with E-state index in [4.69, 9.17) is 5.73 Å². The molecule has 0 aromatic carbocycles. The lowest BCUT2D eigenvalue weighted by Crippen LogP contribution is -2.29. The van der Waals surface area contributed by atoms with Gasteiger partial charge < -0.3 is 11.1 Å². The van der Waals surface area contributed by atoms with Gasteiger partial charge in [0, 0.05) is 6.54 Å². The van der Waals surface area contributed by atoms with Crippen molar-refractivity contribution in [1.29, 1.82) is 0 Å². The lowest BCUT2D eigenvalue weighted by Gasteiger charge is -2.14. The van der Waals surface area contributed by atoms with Crippen LogP contribution >= 0.6 is 0 Å². The second-order valence-corrected chi connectivity index (χ2v) is 4.45. The first-order valence-corrected chi connectivity index (χ1v) is 6.53. The third-order valence-corrected chi connectivity index (χ3v) is 3.00. The summed E-state index contributed by atoms with van der Waals surface area (Å²) in [5, 5.41) is 2.90. The molecule has 0 aliphatic rings. The molecule has 1 heterocycles. The topological polar surface area (TPSA) is 80.9 Å². The summed E-state index contributed by atoms with van der Waals surface area (Å²) in [4.78, 5) is 19.6. The molecule has 0 fully saturated rings. The minimum absolute atomic E-state index is 0.183. The van der Waals surface area contributed by atoms with Crippen molar-refractivity contribution in [2.45, 2.75) is 39.5 Å². The van der Waals surface area contributed by atoms with Crippen LogP contribution in [0, 0.1) is 5.92 Å². The minimum Gasteiger partial charge on any atom is -0.382 e. The van der Waals surface area contributed by atoms with E-state index in [2.05, 4.69) is 29.1 Å². The molecule has 0 saturated carbocycles. The number of nitrogens with one attached hydrogen (secondary N) is 1. The number of rotatable bonds is 7. The highest BCUT2D eigenvalue weighted by Gasteiger charge is 2.11. The van der Waals surface area contributed by atoms with Gasteiger partial charge in [0.25, 0.3) is 5.91 Å². The Kier molecular flexibility index (Phi) is 6.11. The Labute approximate surface area is 108 Å². The van der Waals surface area contributed by atoms with Gasteiger partial charge in [-0.2, -0.15) is 0 Å². The summed E-state index contributed by atoms with van der Waals surface area (Å²) in [5.41, 5.74) is 5.73. The van der Waals surface area contributed by atoms with Gasteiger partial charge in [-0.05, 0) is 12.3 Å². The van der Waals surface area contributed by atoms with Crippen LogP contribution in [-0.4, -0.2) is 22.4 Å². The number of anilines is 1. The monoisotopic (exact) mass is 250 g/mol. The first kappa shape index (κ1) is 14.4. The van der Waals surface area contributed by atoms with Crippen molar-refractivity contribution in [2.24, 2.45) is 5.92 Å². The zero-order valence-electron chi connectivity index (χ0n) is 11.1. The van der Waals surface area contributed by atoms with Crippen molar-refractivity contribution in [3.05, 3.63) is 18.1 Å². The average Bonchev–Trinajstić information content (AvgIpc) is 2.39. The van der Waals surface area contributed by atoms with Gasteiger partial charge in [-0.25, -0.2) is 9.97 Å². The summed E-state index contributed by atoms with van der Waals surface area (Å²) in [6, 6.07) is 0. The number of amides is 1. The van der Waals surface area contributed by atoms with Crippen LogP contribution in [-0.2, 0) is 0 Å². The number of hydrogen-bond donors (Lipinski definition) is 2. The van der Waals surface area contributed by atoms with Gasteiger partial charge >= 0.3 is 0 Å². The summed E-state index contributed by atoms with van der Waals surface area (Å²) in [5.74, 6) is 0.675. The molecule has 1 rings (SSSR count). The van der Waals surface area contributed by atoms with Crippen molar-refractivity contribution in [2.75, 3.05) is 12.3 Å². The molecular weight excluding hydrogens is 228 g/mol. The van der Waals surface area contributed by atoms with Crippen LogP contribution in [0.3, 0.4) is 0 Å². The number of hydrogen-bond acceptors (Lipinski definition) is 4. The fraction of sp³-hybridized carbons (Fsp3) is 0.615. The first-order valence-electron chi connectivity index (χ1n) is 6.53. The van der Waals surface area contributed by atoms with E-state index < -0.39 is 0 Å². The molecule has 5 heteroatoms. The van der Waals surface area contributed by atoms with Gasteiger partial charge in [0.2, 0.25) is 0 Å². The molecular formula is C13H22N4O. The maximum absolute atomic E-state index is 11.8. The Bertz CT molecular complexity index is 364. The molecule has 0 aliphatic carbocycles. The van der Waals surface area contributed by atoms with E-state index in [1.807, 2.05) is 0 Å². The number of nitrogen functional groups attached to an aromatic ring is 1. The van der Waals surface area contributed by atoms with E-state index in [9.17, 15) is 4.79 Å². The van der Waals surface area contributed by atoms with E-state index in [0.717, 1.165) is 12.8 Å². The highest BCUT2D eigenvalue weighted by molar-refractivity contribution is 5.91. The molecule has 1 aromatic rings. The highest BCUT2D eigenvalue weighted by Crippen LogP contribution is 2.11. The van der Waals surface area contributed by atoms with Crippen molar-refractivity contribution in [1.82, 2.24) is 15.3 Å². The Morgan fingerprint density at radius 2 is 2.17 bits per heavy atom. The highest BCUT2D eigenvalue weighted by atomic mass is 16.1. The predicted octanol–water partition coefficient (Wildman–Crippen LogP) is 2.00. The fourth-order valence-corrected chi connectivity index (χ4v) is 1.73. The second-order valence-electron chi connectivity index (χ2n) is 4.45. The number of nitrogens with zero attached hydrogens (tertiary/aromatic N) is 2. The third kappa shape index (κ3) is 4.69. The van der Waals surface area contributed by atoms with E-state index in [1.54, 1.807) is 0 Å². The van der Waals surface area contributed by atoms with Crippen LogP contribution in [0.2, 0.25) is 0 Å². The Morgan fingerprint density at radius 1 is 1.39 bits per heavy atom. The van der Waals surface area contributed by atoms with Gasteiger partial charge in [-0.3, -0.25) is 4.79 Å². The van der Waals surface area contributed by atoms with Crippen LogP contribution in [0.4, 0.5) is 5.82 Å². The number of carbonyl (C=O) groups is 1. The van der Waals surface area contributed by atoms with Crippen molar-refractivity contribution >= 4 is 11.7 Å². The van der Waals surface area contributed by atoms with Crippen LogP contribution in [0.5, 0.6) is 0 Å². The molecule has 0 aliphatic heterocycles. The summed E-state index contributed by atoms with van der Waals surface area (Å²) >= 11 is 0. The van der Waals surface area contributed by atoms with Crippen LogP contribution in [0.1, 0.15) is 50.0 Å². The fourth-order valence-electron chi connectivity index (χ4n) is 1.73. The Balaban J connectivity index is 2.42. The first-order chi connectivity index (χ1) is 8.67. The van der Waals surface area contributed by atoms with E-state index in [-0.39, 0.29) is 5.91 Å². The molecule has 1 unspecified atom stereocenters. The van der Waals surface area contributed by atoms with Gasteiger partial charge in [0.1, 0.15) is 11.5 Å². The molecule has 18 heavy (non-hydrogen) atoms. The summed E-state index contributed by atoms with van der Waals surface area (Å²) in [6.45, 7) is 5.02. The zero-order chi connectivity index (χ0) is 13.4.